The molecule has 0 bridgehead atoms. The lowest BCUT2D eigenvalue weighted by molar-refractivity contribution is -0.274. The zero-order valence-corrected chi connectivity index (χ0v) is 17.1. The molecule has 7 nitrogen and oxygen atoms in total. The van der Waals surface area contributed by atoms with E-state index in [-0.39, 0.29) is 23.1 Å². The number of anilines is 2. The minimum atomic E-state index is -4.80. The molecular weight excluding hydrogens is 449 g/mol. The third-order valence-electron chi connectivity index (χ3n) is 4.35. The average molecular weight is 465 g/mol. The Kier molecular flexibility index (Phi) is 6.06. The fourth-order valence-electron chi connectivity index (χ4n) is 3.08. The van der Waals surface area contributed by atoms with Crippen LogP contribution in [0.4, 0.5) is 24.7 Å². The Bertz CT molecular complexity index is 1250. The highest BCUT2D eigenvalue weighted by atomic mass is 35.5. The number of aromatic nitrogens is 3. The van der Waals surface area contributed by atoms with E-state index in [0.29, 0.717) is 23.6 Å². The Morgan fingerprint density at radius 2 is 1.88 bits per heavy atom. The fourth-order valence-corrected chi connectivity index (χ4v) is 3.30. The molecule has 0 amide bonds. The molecule has 166 valence electrons. The average Bonchev–Trinajstić information content (AvgIpc) is 3.13. The number of aliphatic hydroxyl groups excluding tert-OH is 1. The molecule has 0 saturated carbocycles. The number of nitrogens with one attached hydrogen (secondary N) is 1. The molecule has 0 aliphatic rings. The highest BCUT2D eigenvalue weighted by molar-refractivity contribution is 6.32. The lowest BCUT2D eigenvalue weighted by atomic mass is 10.2. The SMILES string of the molecule is OCCn1ccc2ncnc(Nc3ccc(Oc4cccc(OC(F)(F)F)c4)c(Cl)c3)c21. The van der Waals surface area contributed by atoms with E-state index in [1.54, 1.807) is 24.4 Å². The van der Waals surface area contributed by atoms with E-state index in [1.165, 1.54) is 24.5 Å². The standard InChI is InChI=1S/C21H16ClF3N4O3/c22-16-10-13(28-20-19-17(26-12-27-20)6-7-29(19)8-9-30)4-5-18(16)31-14-2-1-3-15(11-14)32-21(23,24)25/h1-7,10-12,30H,8-9H2,(H,26,27,28). The van der Waals surface area contributed by atoms with Crippen molar-refractivity contribution in [2.45, 2.75) is 12.9 Å². The maximum absolute atomic E-state index is 12.4. The summed E-state index contributed by atoms with van der Waals surface area (Å²) >= 11 is 6.32. The van der Waals surface area contributed by atoms with Gasteiger partial charge < -0.3 is 24.5 Å². The summed E-state index contributed by atoms with van der Waals surface area (Å²) < 4.78 is 48.6. The maximum Gasteiger partial charge on any atom is 0.573 e. The predicted octanol–water partition coefficient (Wildman–Crippen LogP) is 5.51. The molecule has 0 radical (unpaired) electrons. The Morgan fingerprint density at radius 1 is 1.06 bits per heavy atom. The lowest BCUT2D eigenvalue weighted by Gasteiger charge is -2.13. The third kappa shape index (κ3) is 5.04. The summed E-state index contributed by atoms with van der Waals surface area (Å²) in [4.78, 5) is 8.49. The van der Waals surface area contributed by atoms with Crippen LogP contribution in [0.3, 0.4) is 0 Å². The molecule has 32 heavy (non-hydrogen) atoms. The molecule has 11 heteroatoms. The van der Waals surface area contributed by atoms with Gasteiger partial charge in [-0.25, -0.2) is 9.97 Å². The van der Waals surface area contributed by atoms with Gasteiger partial charge >= 0.3 is 6.36 Å². The number of ether oxygens (including phenoxy) is 2. The van der Waals surface area contributed by atoms with E-state index in [0.717, 1.165) is 11.6 Å². The van der Waals surface area contributed by atoms with Gasteiger partial charge in [-0.05, 0) is 36.4 Å². The summed E-state index contributed by atoms with van der Waals surface area (Å²) in [7, 11) is 0. The molecule has 0 aliphatic heterocycles. The highest BCUT2D eigenvalue weighted by Gasteiger charge is 2.31. The molecule has 2 aromatic carbocycles. The number of nitrogens with zero attached hydrogens (tertiary/aromatic N) is 3. The Balaban J connectivity index is 1.54. The molecule has 0 unspecified atom stereocenters. The molecule has 0 fully saturated rings. The third-order valence-corrected chi connectivity index (χ3v) is 4.65. The molecular formula is C21H16ClF3N4O3. The Morgan fingerprint density at radius 3 is 2.62 bits per heavy atom. The van der Waals surface area contributed by atoms with Crippen LogP contribution in [0.25, 0.3) is 11.0 Å². The van der Waals surface area contributed by atoms with Crippen molar-refractivity contribution in [3.05, 3.63) is 66.1 Å². The molecule has 2 N–H and O–H groups in total. The smallest absolute Gasteiger partial charge is 0.456 e. The summed E-state index contributed by atoms with van der Waals surface area (Å²) in [6, 6.07) is 11.8. The van der Waals surface area contributed by atoms with E-state index in [1.807, 2.05) is 10.6 Å². The van der Waals surface area contributed by atoms with Gasteiger partial charge in [0.15, 0.2) is 5.82 Å². The predicted molar refractivity (Wildman–Crippen MR) is 113 cm³/mol. The van der Waals surface area contributed by atoms with Gasteiger partial charge in [0.05, 0.1) is 17.1 Å². The van der Waals surface area contributed by atoms with E-state index in [4.69, 9.17) is 16.3 Å². The van der Waals surface area contributed by atoms with Crippen LogP contribution < -0.4 is 14.8 Å². The van der Waals surface area contributed by atoms with Crippen molar-refractivity contribution >= 4 is 34.1 Å². The van der Waals surface area contributed by atoms with Gasteiger partial charge in [0.2, 0.25) is 0 Å². The molecule has 0 atom stereocenters. The van der Waals surface area contributed by atoms with Gasteiger partial charge in [-0.2, -0.15) is 0 Å². The van der Waals surface area contributed by atoms with E-state index in [9.17, 15) is 18.3 Å². The number of alkyl halides is 3. The normalized spacial score (nSPS) is 11.5. The monoisotopic (exact) mass is 464 g/mol. The first-order valence-corrected chi connectivity index (χ1v) is 9.71. The first-order valence-electron chi connectivity index (χ1n) is 9.33. The number of halogens is 4. The van der Waals surface area contributed by atoms with Gasteiger partial charge in [0.25, 0.3) is 0 Å². The highest BCUT2D eigenvalue weighted by Crippen LogP contribution is 2.35. The van der Waals surface area contributed by atoms with Gasteiger partial charge in [-0.15, -0.1) is 13.2 Å². The van der Waals surface area contributed by atoms with Crippen LogP contribution in [-0.4, -0.2) is 32.6 Å². The van der Waals surface area contributed by atoms with Crippen LogP contribution in [0.1, 0.15) is 0 Å². The molecule has 4 aromatic rings. The number of rotatable bonds is 7. The van der Waals surface area contributed by atoms with Crippen LogP contribution in [0.2, 0.25) is 5.02 Å². The van der Waals surface area contributed by atoms with Crippen molar-refractivity contribution in [1.82, 2.24) is 14.5 Å². The zero-order valence-electron chi connectivity index (χ0n) is 16.3. The summed E-state index contributed by atoms with van der Waals surface area (Å²) in [5.41, 5.74) is 2.04. The van der Waals surface area contributed by atoms with Gasteiger partial charge in [-0.3, -0.25) is 0 Å². The van der Waals surface area contributed by atoms with Crippen molar-refractivity contribution in [3.8, 4) is 17.2 Å². The Hall–Kier alpha value is -3.50. The van der Waals surface area contributed by atoms with E-state index >= 15 is 0 Å². The molecule has 2 aromatic heterocycles. The topological polar surface area (TPSA) is 81.4 Å². The second-order valence-electron chi connectivity index (χ2n) is 6.58. The first-order chi connectivity index (χ1) is 15.3. The number of hydrogen-bond acceptors (Lipinski definition) is 6. The van der Waals surface area contributed by atoms with Crippen molar-refractivity contribution in [1.29, 1.82) is 0 Å². The second kappa shape index (κ2) is 8.93. The van der Waals surface area contributed by atoms with Crippen molar-refractivity contribution in [2.24, 2.45) is 0 Å². The maximum atomic E-state index is 12.4. The molecule has 0 spiro atoms. The van der Waals surface area contributed by atoms with E-state index < -0.39 is 12.1 Å². The summed E-state index contributed by atoms with van der Waals surface area (Å²) in [5.74, 6) is 0.504. The molecule has 0 aliphatic carbocycles. The van der Waals surface area contributed by atoms with Crippen LogP contribution in [0.15, 0.2) is 61.1 Å². The molecule has 2 heterocycles. The minimum Gasteiger partial charge on any atom is -0.456 e. The van der Waals surface area contributed by atoms with Crippen LogP contribution in [0, 0.1) is 0 Å². The number of aliphatic hydroxyl groups is 1. The van der Waals surface area contributed by atoms with E-state index in [2.05, 4.69) is 20.0 Å². The quantitative estimate of drug-likeness (QED) is 0.375. The van der Waals surface area contributed by atoms with Crippen LogP contribution in [0.5, 0.6) is 17.2 Å². The second-order valence-corrected chi connectivity index (χ2v) is 6.99. The number of hydrogen-bond donors (Lipinski definition) is 2. The van der Waals surface area contributed by atoms with Crippen molar-refractivity contribution in [3.63, 3.8) is 0 Å². The summed E-state index contributed by atoms with van der Waals surface area (Å²) in [6.45, 7) is 0.349. The molecule has 4 rings (SSSR count). The summed E-state index contributed by atoms with van der Waals surface area (Å²) in [6.07, 6.45) is -1.57. The van der Waals surface area contributed by atoms with Crippen LogP contribution >= 0.6 is 11.6 Å². The summed E-state index contributed by atoms with van der Waals surface area (Å²) in [5, 5.41) is 12.7. The minimum absolute atomic E-state index is 0.0365. The fraction of sp³-hybridized carbons (Fsp3) is 0.143. The largest absolute Gasteiger partial charge is 0.573 e. The van der Waals surface area contributed by atoms with Gasteiger partial charge in [0, 0.05) is 24.5 Å². The van der Waals surface area contributed by atoms with Gasteiger partial charge in [0.1, 0.15) is 29.1 Å². The zero-order chi connectivity index (χ0) is 22.7. The van der Waals surface area contributed by atoms with Crippen molar-refractivity contribution < 1.29 is 27.8 Å². The number of fused-ring (bicyclic) bond motifs is 1. The van der Waals surface area contributed by atoms with Gasteiger partial charge in [-0.1, -0.05) is 17.7 Å². The number of benzene rings is 2. The van der Waals surface area contributed by atoms with Crippen LogP contribution in [-0.2, 0) is 6.54 Å². The Labute approximate surface area is 185 Å². The molecule has 0 saturated heterocycles. The van der Waals surface area contributed by atoms with Crippen molar-refractivity contribution in [2.75, 3.05) is 11.9 Å². The lowest BCUT2D eigenvalue weighted by Crippen LogP contribution is -2.17. The first kappa shape index (κ1) is 21.7.